The normalized spacial score (nSPS) is 33.5. The van der Waals surface area contributed by atoms with Crippen molar-refractivity contribution in [3.63, 3.8) is 0 Å². The molecule has 0 radical (unpaired) electrons. The largest absolute Gasteiger partial charge is 0.392 e. The molecule has 3 rings (SSSR count). The molecule has 6 nitrogen and oxygen atoms in total. The van der Waals surface area contributed by atoms with E-state index in [0.717, 1.165) is 0 Å². The van der Waals surface area contributed by atoms with Gasteiger partial charge in [0.05, 0.1) is 24.0 Å². The van der Waals surface area contributed by atoms with E-state index in [-0.39, 0.29) is 18.0 Å². The molecule has 5 atom stereocenters. The van der Waals surface area contributed by atoms with Crippen molar-refractivity contribution in [2.24, 2.45) is 11.8 Å². The second kappa shape index (κ2) is 6.13. The van der Waals surface area contributed by atoms with Crippen LogP contribution in [0.2, 0.25) is 0 Å². The Morgan fingerprint density at radius 3 is 2.22 bits per heavy atom. The van der Waals surface area contributed by atoms with E-state index in [0.29, 0.717) is 17.8 Å². The third kappa shape index (κ3) is 2.72. The van der Waals surface area contributed by atoms with E-state index < -0.39 is 30.1 Å². The van der Waals surface area contributed by atoms with Crippen LogP contribution in [0.1, 0.15) is 27.1 Å². The Labute approximate surface area is 135 Å². The van der Waals surface area contributed by atoms with Gasteiger partial charge in [-0.2, -0.15) is 0 Å². The summed E-state index contributed by atoms with van der Waals surface area (Å²) in [5.74, 6) is -2.25. The minimum atomic E-state index is -0.992. The Hall–Kier alpha value is -1.60. The molecule has 124 valence electrons. The van der Waals surface area contributed by atoms with Crippen LogP contribution >= 0.6 is 0 Å². The number of fused-ring (bicyclic) bond motifs is 2. The lowest BCUT2D eigenvalue weighted by atomic mass is 9.63. The van der Waals surface area contributed by atoms with Crippen LogP contribution in [0.4, 0.5) is 0 Å². The first-order chi connectivity index (χ1) is 10.9. The van der Waals surface area contributed by atoms with Crippen molar-refractivity contribution >= 4 is 11.6 Å². The first-order valence-corrected chi connectivity index (χ1v) is 7.83. The lowest BCUT2D eigenvalue weighted by Gasteiger charge is -2.44. The molecule has 2 aliphatic carbocycles. The summed E-state index contributed by atoms with van der Waals surface area (Å²) >= 11 is 0. The summed E-state index contributed by atoms with van der Waals surface area (Å²) < 4.78 is 0. The van der Waals surface area contributed by atoms with Crippen molar-refractivity contribution in [3.05, 3.63) is 35.4 Å². The maximum absolute atomic E-state index is 12.8. The van der Waals surface area contributed by atoms with Crippen molar-refractivity contribution in [3.8, 4) is 0 Å². The molecular formula is C17H22N2O4. The van der Waals surface area contributed by atoms with E-state index >= 15 is 0 Å². The smallest absolute Gasteiger partial charge is 0.170 e. The fraction of sp³-hybridized carbons (Fsp3) is 0.529. The number of ketones is 2. The Morgan fingerprint density at radius 2 is 1.65 bits per heavy atom. The van der Waals surface area contributed by atoms with Crippen LogP contribution < -0.4 is 5.32 Å². The molecule has 2 aliphatic rings. The van der Waals surface area contributed by atoms with E-state index in [1.807, 2.05) is 19.0 Å². The maximum atomic E-state index is 12.8. The van der Waals surface area contributed by atoms with Gasteiger partial charge in [0.25, 0.3) is 0 Å². The Morgan fingerprint density at radius 1 is 1.09 bits per heavy atom. The van der Waals surface area contributed by atoms with E-state index in [2.05, 4.69) is 5.32 Å². The average Bonchev–Trinajstić information content (AvgIpc) is 2.52. The molecule has 5 unspecified atom stereocenters. The van der Waals surface area contributed by atoms with Crippen LogP contribution in [0.15, 0.2) is 24.3 Å². The molecule has 1 fully saturated rings. The number of Topliss-reactive ketones (excluding diaryl/α,β-unsaturated/α-hetero) is 2. The van der Waals surface area contributed by atoms with Gasteiger partial charge >= 0.3 is 0 Å². The third-order valence-electron chi connectivity index (χ3n) is 4.81. The van der Waals surface area contributed by atoms with Gasteiger partial charge < -0.3 is 10.2 Å². The highest BCUT2D eigenvalue weighted by molar-refractivity contribution is 6.16. The highest BCUT2D eigenvalue weighted by Crippen LogP contribution is 2.40. The van der Waals surface area contributed by atoms with E-state index in [1.54, 1.807) is 24.3 Å². The first-order valence-electron chi connectivity index (χ1n) is 7.83. The summed E-state index contributed by atoms with van der Waals surface area (Å²) in [6, 6.07) is 6.22. The van der Waals surface area contributed by atoms with Crippen LogP contribution in [0, 0.1) is 11.8 Å². The molecule has 3 N–H and O–H groups in total. The van der Waals surface area contributed by atoms with Crippen molar-refractivity contribution in [1.82, 2.24) is 10.2 Å². The Bertz CT molecular complexity index is 631. The number of hydrogen-bond donors (Lipinski definition) is 3. The second-order valence-electron chi connectivity index (χ2n) is 6.67. The fourth-order valence-electron chi connectivity index (χ4n) is 3.68. The number of hydrogen-bond acceptors (Lipinski definition) is 6. The quantitative estimate of drug-likeness (QED) is 0.675. The summed E-state index contributed by atoms with van der Waals surface area (Å²) in [5.41, 5.74) is 0.697. The predicted molar refractivity (Wildman–Crippen MR) is 84.2 cm³/mol. The van der Waals surface area contributed by atoms with Crippen LogP contribution in [-0.4, -0.2) is 65.7 Å². The molecule has 0 saturated heterocycles. The zero-order chi connectivity index (χ0) is 16.7. The van der Waals surface area contributed by atoms with Gasteiger partial charge in [0.1, 0.15) is 0 Å². The molecule has 1 aromatic rings. The van der Waals surface area contributed by atoms with E-state index in [9.17, 15) is 19.8 Å². The van der Waals surface area contributed by atoms with Crippen molar-refractivity contribution < 1.29 is 19.8 Å². The second-order valence-corrected chi connectivity index (χ2v) is 6.67. The number of nitrogens with zero attached hydrogens (tertiary/aromatic N) is 1. The van der Waals surface area contributed by atoms with Crippen LogP contribution in [0.25, 0.3) is 0 Å². The fourth-order valence-corrected chi connectivity index (χ4v) is 3.68. The molecule has 23 heavy (non-hydrogen) atoms. The topological polar surface area (TPSA) is 89.9 Å². The molecule has 0 aliphatic heterocycles. The van der Waals surface area contributed by atoms with Crippen molar-refractivity contribution in [2.75, 3.05) is 20.8 Å². The van der Waals surface area contributed by atoms with Crippen LogP contribution in [0.3, 0.4) is 0 Å². The van der Waals surface area contributed by atoms with Crippen LogP contribution in [-0.2, 0) is 0 Å². The molecule has 0 heterocycles. The summed E-state index contributed by atoms with van der Waals surface area (Å²) in [6.07, 6.45) is -1.68. The standard InChI is InChI=1S/C17H22N2O4/c1-19(2)8-18-11-7-12(20)13-14(17(11)23)16(22)10-6-4-3-5-9(10)15(13)21/h3-6,11-14,17-18,20,23H,7-8H2,1-2H3. The van der Waals surface area contributed by atoms with Gasteiger partial charge in [-0.3, -0.25) is 19.8 Å². The number of aliphatic hydroxyl groups excluding tert-OH is 2. The molecule has 0 aromatic heterocycles. The lowest BCUT2D eigenvalue weighted by Crippen LogP contribution is -2.61. The highest BCUT2D eigenvalue weighted by atomic mass is 16.3. The van der Waals surface area contributed by atoms with Gasteiger partial charge in [0, 0.05) is 23.8 Å². The van der Waals surface area contributed by atoms with Crippen molar-refractivity contribution in [1.29, 1.82) is 0 Å². The zero-order valence-electron chi connectivity index (χ0n) is 13.3. The molecule has 0 bridgehead atoms. The maximum Gasteiger partial charge on any atom is 0.170 e. The third-order valence-corrected chi connectivity index (χ3v) is 4.81. The molecule has 6 heteroatoms. The number of nitrogens with one attached hydrogen (secondary N) is 1. The average molecular weight is 318 g/mol. The summed E-state index contributed by atoms with van der Waals surface area (Å²) in [7, 11) is 3.76. The van der Waals surface area contributed by atoms with Gasteiger partial charge in [0.2, 0.25) is 0 Å². The highest BCUT2D eigenvalue weighted by Gasteiger charge is 2.53. The van der Waals surface area contributed by atoms with Gasteiger partial charge in [-0.1, -0.05) is 24.3 Å². The number of carbonyl (C=O) groups is 2. The molecule has 1 aromatic carbocycles. The van der Waals surface area contributed by atoms with Gasteiger partial charge in [0.15, 0.2) is 11.6 Å². The predicted octanol–water partition coefficient (Wildman–Crippen LogP) is -0.0992. The minimum absolute atomic E-state index is 0.247. The molecule has 1 saturated carbocycles. The number of carbonyl (C=O) groups excluding carboxylic acids is 2. The SMILES string of the molecule is CN(C)CNC1CC(O)C2C(=O)c3ccccc3C(=O)C2C1O. The monoisotopic (exact) mass is 318 g/mol. The van der Waals surface area contributed by atoms with Gasteiger partial charge in [-0.05, 0) is 20.5 Å². The first kappa shape index (κ1) is 16.3. The van der Waals surface area contributed by atoms with Gasteiger partial charge in [-0.15, -0.1) is 0 Å². The minimum Gasteiger partial charge on any atom is -0.392 e. The number of rotatable bonds is 3. The molecular weight excluding hydrogens is 296 g/mol. The van der Waals surface area contributed by atoms with E-state index in [1.165, 1.54) is 0 Å². The summed E-state index contributed by atoms with van der Waals surface area (Å²) in [4.78, 5) is 27.3. The zero-order valence-corrected chi connectivity index (χ0v) is 13.3. The summed E-state index contributed by atoms with van der Waals surface area (Å²) in [5, 5.41) is 24.2. The van der Waals surface area contributed by atoms with Gasteiger partial charge in [-0.25, -0.2) is 0 Å². The van der Waals surface area contributed by atoms with Crippen molar-refractivity contribution in [2.45, 2.75) is 24.7 Å². The van der Waals surface area contributed by atoms with E-state index in [4.69, 9.17) is 0 Å². The molecule has 0 spiro atoms. The Kier molecular flexibility index (Phi) is 4.33. The van der Waals surface area contributed by atoms with Crippen LogP contribution in [0.5, 0.6) is 0 Å². The lowest BCUT2D eigenvalue weighted by molar-refractivity contribution is -0.0456. The number of aliphatic hydroxyl groups is 2. The number of benzene rings is 1. The Balaban J connectivity index is 1.93. The summed E-state index contributed by atoms with van der Waals surface area (Å²) in [6.45, 7) is 0.518. The molecule has 0 amide bonds.